The number of piperidine rings is 1. The predicted molar refractivity (Wildman–Crippen MR) is 114 cm³/mol. The molecule has 3 aliphatic rings. The van der Waals surface area contributed by atoms with Crippen LogP contribution in [0.2, 0.25) is 0 Å². The number of amides is 3. The fourth-order valence-electron chi connectivity index (χ4n) is 4.42. The number of piperazine rings is 1. The van der Waals surface area contributed by atoms with Crippen LogP contribution in [0.5, 0.6) is 0 Å². The third-order valence-corrected chi connectivity index (χ3v) is 6.37. The van der Waals surface area contributed by atoms with Gasteiger partial charge in [0.25, 0.3) is 5.91 Å². The first-order valence-electron chi connectivity index (χ1n) is 10.9. The molecular formula is C22H28N4O6. The minimum absolute atomic E-state index is 0.165. The van der Waals surface area contributed by atoms with E-state index >= 15 is 0 Å². The largest absolute Gasteiger partial charge is 0.479 e. The topological polar surface area (TPSA) is 119 Å². The number of fused-ring (bicyclic) bond motifs is 1. The Kier molecular flexibility index (Phi) is 6.43. The van der Waals surface area contributed by atoms with Crippen molar-refractivity contribution in [1.29, 1.82) is 0 Å². The molecule has 1 aromatic carbocycles. The zero-order chi connectivity index (χ0) is 22.8. The SMILES string of the molecule is CC(OCCN1CCN(c2ccc3c(c2)CN(C2CCC(=O)NC2=O)C3=O)CC1)C(=O)O. The molecule has 0 aliphatic carbocycles. The van der Waals surface area contributed by atoms with Crippen LogP contribution in [0.4, 0.5) is 5.69 Å². The minimum Gasteiger partial charge on any atom is -0.479 e. The maximum atomic E-state index is 12.8. The van der Waals surface area contributed by atoms with Gasteiger partial charge in [-0.05, 0) is 37.1 Å². The first-order valence-corrected chi connectivity index (χ1v) is 10.9. The molecule has 2 saturated heterocycles. The van der Waals surface area contributed by atoms with Crippen LogP contribution >= 0.6 is 0 Å². The lowest BCUT2D eigenvalue weighted by Gasteiger charge is -2.36. The highest BCUT2D eigenvalue weighted by Crippen LogP contribution is 2.30. The quantitative estimate of drug-likeness (QED) is 0.567. The van der Waals surface area contributed by atoms with Gasteiger partial charge in [-0.1, -0.05) is 0 Å². The number of carboxylic acid groups (broad SMARTS) is 1. The first kappa shape index (κ1) is 22.2. The van der Waals surface area contributed by atoms with Gasteiger partial charge in [0, 0.05) is 56.9 Å². The number of anilines is 1. The van der Waals surface area contributed by atoms with Crippen molar-refractivity contribution in [3.8, 4) is 0 Å². The number of nitrogens with one attached hydrogen (secondary N) is 1. The molecule has 2 fully saturated rings. The lowest BCUT2D eigenvalue weighted by atomic mass is 10.0. The number of benzene rings is 1. The molecule has 0 radical (unpaired) electrons. The summed E-state index contributed by atoms with van der Waals surface area (Å²) in [5, 5.41) is 11.2. The zero-order valence-corrected chi connectivity index (χ0v) is 18.1. The maximum absolute atomic E-state index is 12.8. The van der Waals surface area contributed by atoms with Gasteiger partial charge in [0.05, 0.1) is 6.61 Å². The third-order valence-electron chi connectivity index (χ3n) is 6.37. The number of hydrogen-bond donors (Lipinski definition) is 2. The van der Waals surface area contributed by atoms with E-state index in [2.05, 4.69) is 15.1 Å². The van der Waals surface area contributed by atoms with Gasteiger partial charge in [-0.3, -0.25) is 24.6 Å². The summed E-state index contributed by atoms with van der Waals surface area (Å²) < 4.78 is 5.31. The molecule has 0 spiro atoms. The van der Waals surface area contributed by atoms with Crippen LogP contribution in [0.1, 0.15) is 35.7 Å². The molecule has 4 rings (SSSR count). The van der Waals surface area contributed by atoms with Gasteiger partial charge >= 0.3 is 5.97 Å². The number of carbonyl (C=O) groups excluding carboxylic acids is 3. The molecule has 2 atom stereocenters. The molecule has 0 bridgehead atoms. The summed E-state index contributed by atoms with van der Waals surface area (Å²) in [6.07, 6.45) is -0.203. The summed E-state index contributed by atoms with van der Waals surface area (Å²) in [6, 6.07) is 5.18. The Hall–Kier alpha value is -2.98. The van der Waals surface area contributed by atoms with E-state index in [9.17, 15) is 19.2 Å². The molecule has 2 unspecified atom stereocenters. The molecule has 2 N–H and O–H groups in total. The van der Waals surface area contributed by atoms with Crippen LogP contribution in [-0.2, 0) is 25.7 Å². The van der Waals surface area contributed by atoms with Crippen molar-refractivity contribution in [2.45, 2.75) is 38.5 Å². The van der Waals surface area contributed by atoms with E-state index in [1.54, 1.807) is 4.90 Å². The molecule has 10 heteroatoms. The summed E-state index contributed by atoms with van der Waals surface area (Å²) in [7, 11) is 0. The standard InChI is InChI=1S/C22H28N4O6/c1-14(22(30)31)32-11-10-24-6-8-25(9-7-24)16-2-3-17-15(12-16)13-26(21(17)29)18-4-5-19(27)23-20(18)28/h2-3,12,14,18H,4-11,13H2,1H3,(H,30,31)(H,23,27,28). The Balaban J connectivity index is 1.32. The van der Waals surface area contributed by atoms with Crippen molar-refractivity contribution in [3.63, 3.8) is 0 Å². The molecule has 3 heterocycles. The molecular weight excluding hydrogens is 416 g/mol. The van der Waals surface area contributed by atoms with E-state index in [1.807, 2.05) is 18.2 Å². The van der Waals surface area contributed by atoms with Crippen LogP contribution in [0, 0.1) is 0 Å². The fourth-order valence-corrected chi connectivity index (χ4v) is 4.42. The van der Waals surface area contributed by atoms with E-state index in [4.69, 9.17) is 9.84 Å². The molecule has 172 valence electrons. The second-order valence-corrected chi connectivity index (χ2v) is 8.42. The summed E-state index contributed by atoms with van der Waals surface area (Å²) >= 11 is 0. The van der Waals surface area contributed by atoms with Crippen molar-refractivity contribution in [1.82, 2.24) is 15.1 Å². The molecule has 32 heavy (non-hydrogen) atoms. The van der Waals surface area contributed by atoms with Crippen molar-refractivity contribution < 1.29 is 29.0 Å². The van der Waals surface area contributed by atoms with E-state index in [0.717, 1.165) is 37.4 Å². The highest BCUT2D eigenvalue weighted by Gasteiger charge is 2.39. The van der Waals surface area contributed by atoms with Crippen molar-refractivity contribution in [2.75, 3.05) is 44.2 Å². The average Bonchev–Trinajstić information content (AvgIpc) is 3.09. The van der Waals surface area contributed by atoms with Crippen LogP contribution in [-0.4, -0.2) is 90.1 Å². The number of aliphatic carboxylic acids is 1. The fraction of sp³-hybridized carbons (Fsp3) is 0.545. The number of rotatable bonds is 7. The van der Waals surface area contributed by atoms with Gasteiger partial charge in [-0.25, -0.2) is 4.79 Å². The van der Waals surface area contributed by atoms with Gasteiger partial charge in [-0.2, -0.15) is 0 Å². The molecule has 1 aromatic rings. The molecule has 3 amide bonds. The average molecular weight is 444 g/mol. The summed E-state index contributed by atoms with van der Waals surface area (Å²) in [5.41, 5.74) is 2.55. The smallest absolute Gasteiger partial charge is 0.332 e. The monoisotopic (exact) mass is 444 g/mol. The first-order chi connectivity index (χ1) is 15.3. The Morgan fingerprint density at radius 3 is 2.66 bits per heavy atom. The lowest BCUT2D eigenvalue weighted by Crippen LogP contribution is -2.52. The van der Waals surface area contributed by atoms with Crippen LogP contribution in [0.3, 0.4) is 0 Å². The highest BCUT2D eigenvalue weighted by molar-refractivity contribution is 6.05. The van der Waals surface area contributed by atoms with Crippen LogP contribution in [0.25, 0.3) is 0 Å². The van der Waals surface area contributed by atoms with Crippen LogP contribution in [0.15, 0.2) is 18.2 Å². The van der Waals surface area contributed by atoms with Gasteiger partial charge in [0.2, 0.25) is 11.8 Å². The van der Waals surface area contributed by atoms with E-state index in [1.165, 1.54) is 6.92 Å². The summed E-state index contributed by atoms with van der Waals surface area (Å²) in [6.45, 7) is 6.27. The van der Waals surface area contributed by atoms with Crippen molar-refractivity contribution in [2.24, 2.45) is 0 Å². The number of nitrogens with zero attached hydrogens (tertiary/aromatic N) is 3. The summed E-state index contributed by atoms with van der Waals surface area (Å²) in [5.74, 6) is -1.82. The Morgan fingerprint density at radius 2 is 1.97 bits per heavy atom. The minimum atomic E-state index is -0.957. The van der Waals surface area contributed by atoms with E-state index in [0.29, 0.717) is 31.7 Å². The lowest BCUT2D eigenvalue weighted by molar-refractivity contribution is -0.149. The predicted octanol–water partition coefficient (Wildman–Crippen LogP) is 0.0593. The number of imide groups is 1. The van der Waals surface area contributed by atoms with Gasteiger partial charge in [-0.15, -0.1) is 0 Å². The van der Waals surface area contributed by atoms with Gasteiger partial charge in [0.1, 0.15) is 6.04 Å². The molecule has 0 aromatic heterocycles. The summed E-state index contributed by atoms with van der Waals surface area (Å²) in [4.78, 5) is 53.3. The second kappa shape index (κ2) is 9.25. The Labute approximate surface area is 186 Å². The van der Waals surface area contributed by atoms with Gasteiger partial charge in [0.15, 0.2) is 6.10 Å². The van der Waals surface area contributed by atoms with E-state index < -0.39 is 24.0 Å². The number of carbonyl (C=O) groups is 4. The van der Waals surface area contributed by atoms with Gasteiger partial charge < -0.3 is 19.6 Å². The van der Waals surface area contributed by atoms with Crippen LogP contribution < -0.4 is 10.2 Å². The van der Waals surface area contributed by atoms with Crippen molar-refractivity contribution in [3.05, 3.63) is 29.3 Å². The zero-order valence-electron chi connectivity index (χ0n) is 18.1. The number of carboxylic acids is 1. The molecule has 0 saturated carbocycles. The third kappa shape index (κ3) is 4.61. The molecule has 10 nitrogen and oxygen atoms in total. The molecule has 3 aliphatic heterocycles. The number of ether oxygens (including phenoxy) is 1. The Bertz CT molecular complexity index is 927. The van der Waals surface area contributed by atoms with E-state index in [-0.39, 0.29) is 18.2 Å². The normalized spacial score (nSPS) is 22.7. The second-order valence-electron chi connectivity index (χ2n) is 8.42. The Morgan fingerprint density at radius 1 is 1.22 bits per heavy atom. The number of hydrogen-bond acceptors (Lipinski definition) is 7. The highest BCUT2D eigenvalue weighted by atomic mass is 16.5. The van der Waals surface area contributed by atoms with Crippen molar-refractivity contribution >= 4 is 29.4 Å². The maximum Gasteiger partial charge on any atom is 0.332 e.